The van der Waals surface area contributed by atoms with Crippen molar-refractivity contribution < 1.29 is 0 Å². The minimum absolute atomic E-state index is 0.364. The molecule has 0 aliphatic carbocycles. The first-order valence-corrected chi connectivity index (χ1v) is 4.73. The third kappa shape index (κ3) is 9.92. The van der Waals surface area contributed by atoms with E-state index in [0.717, 1.165) is 19.5 Å². The van der Waals surface area contributed by atoms with Gasteiger partial charge in [-0.25, -0.2) is 0 Å². The molecule has 0 spiro atoms. The normalized spacial score (nSPS) is 13.4. The second kappa shape index (κ2) is 8.02. The minimum atomic E-state index is 0.364. The highest BCUT2D eigenvalue weighted by Gasteiger charge is 1.92. The van der Waals surface area contributed by atoms with Gasteiger partial charge in [0.1, 0.15) is 0 Å². The van der Waals surface area contributed by atoms with E-state index >= 15 is 0 Å². The van der Waals surface area contributed by atoms with E-state index < -0.39 is 0 Å². The lowest BCUT2D eigenvalue weighted by Crippen LogP contribution is -2.20. The summed E-state index contributed by atoms with van der Waals surface area (Å²) in [4.78, 5) is 0. The average Bonchev–Trinajstić information content (AvgIpc) is 1.96. The van der Waals surface area contributed by atoms with Crippen LogP contribution in [0.2, 0.25) is 0 Å². The van der Waals surface area contributed by atoms with E-state index in [9.17, 15) is 0 Å². The van der Waals surface area contributed by atoms with Crippen LogP contribution in [0, 0.1) is 0 Å². The Balaban J connectivity index is 2.80. The van der Waals surface area contributed by atoms with Crippen molar-refractivity contribution in [3.63, 3.8) is 0 Å². The molecule has 0 aromatic heterocycles. The number of hydrogen-bond donors (Lipinski definition) is 2. The summed E-state index contributed by atoms with van der Waals surface area (Å²) in [5.74, 6) is 0. The second-order valence-electron chi connectivity index (χ2n) is 3.22. The molecule has 1 atom stereocenters. The van der Waals surface area contributed by atoms with E-state index in [0.29, 0.717) is 6.04 Å². The van der Waals surface area contributed by atoms with E-state index in [2.05, 4.69) is 19.2 Å². The fourth-order valence-corrected chi connectivity index (χ4v) is 0.976. The molecule has 68 valence electrons. The van der Waals surface area contributed by atoms with E-state index in [4.69, 9.17) is 5.73 Å². The molecule has 0 amide bonds. The largest absolute Gasteiger partial charge is 0.328 e. The van der Waals surface area contributed by atoms with Crippen molar-refractivity contribution in [3.8, 4) is 0 Å². The van der Waals surface area contributed by atoms with E-state index in [1.54, 1.807) is 0 Å². The number of rotatable bonds is 7. The van der Waals surface area contributed by atoms with Crippen molar-refractivity contribution in [1.82, 2.24) is 5.32 Å². The van der Waals surface area contributed by atoms with Gasteiger partial charge in [-0.15, -0.1) is 0 Å². The Kier molecular flexibility index (Phi) is 7.96. The van der Waals surface area contributed by atoms with Gasteiger partial charge in [-0.1, -0.05) is 13.3 Å². The maximum absolute atomic E-state index is 5.61. The van der Waals surface area contributed by atoms with Gasteiger partial charge in [-0.05, 0) is 39.3 Å². The highest BCUT2D eigenvalue weighted by molar-refractivity contribution is 4.55. The molecule has 0 saturated carbocycles. The first-order valence-electron chi connectivity index (χ1n) is 4.73. The maximum atomic E-state index is 5.61. The van der Waals surface area contributed by atoms with Crippen LogP contribution in [-0.2, 0) is 0 Å². The topological polar surface area (TPSA) is 38.0 Å². The van der Waals surface area contributed by atoms with Crippen LogP contribution in [0.4, 0.5) is 0 Å². The molecule has 0 aliphatic heterocycles. The van der Waals surface area contributed by atoms with Crippen LogP contribution in [-0.4, -0.2) is 19.1 Å². The van der Waals surface area contributed by atoms with Crippen LogP contribution in [0.5, 0.6) is 0 Å². The lowest BCUT2D eigenvalue weighted by Gasteiger charge is -2.05. The van der Waals surface area contributed by atoms with Crippen LogP contribution in [0.15, 0.2) is 0 Å². The zero-order chi connectivity index (χ0) is 8.53. The monoisotopic (exact) mass is 158 g/mol. The second-order valence-corrected chi connectivity index (χ2v) is 3.22. The molecule has 0 aromatic rings. The molecule has 0 aromatic carbocycles. The molecule has 11 heavy (non-hydrogen) atoms. The number of nitrogens with two attached hydrogens (primary N) is 1. The molecule has 0 fully saturated rings. The average molecular weight is 158 g/mol. The Morgan fingerprint density at radius 3 is 2.45 bits per heavy atom. The number of unbranched alkanes of at least 4 members (excludes halogenated alkanes) is 1. The highest BCUT2D eigenvalue weighted by Crippen LogP contribution is 1.91. The van der Waals surface area contributed by atoms with Gasteiger partial charge in [0.25, 0.3) is 0 Å². The zero-order valence-electron chi connectivity index (χ0n) is 7.90. The van der Waals surface area contributed by atoms with Gasteiger partial charge in [0, 0.05) is 6.04 Å². The standard InChI is InChI=1S/C9H22N2/c1-3-4-7-11-8-5-6-9(2)10/h9,11H,3-8,10H2,1-2H3. The third-order valence-electron chi connectivity index (χ3n) is 1.72. The van der Waals surface area contributed by atoms with Crippen LogP contribution < -0.4 is 11.1 Å². The smallest absolute Gasteiger partial charge is 0.00109 e. The van der Waals surface area contributed by atoms with Crippen molar-refractivity contribution in [2.45, 2.75) is 45.6 Å². The van der Waals surface area contributed by atoms with Crippen LogP contribution >= 0.6 is 0 Å². The fourth-order valence-electron chi connectivity index (χ4n) is 0.976. The highest BCUT2D eigenvalue weighted by atomic mass is 14.8. The van der Waals surface area contributed by atoms with Crippen molar-refractivity contribution in [3.05, 3.63) is 0 Å². The Hall–Kier alpha value is -0.0800. The lowest BCUT2D eigenvalue weighted by atomic mass is 10.2. The SMILES string of the molecule is CCCCNCCCC(C)N. The zero-order valence-corrected chi connectivity index (χ0v) is 7.90. The van der Waals surface area contributed by atoms with Gasteiger partial charge in [0.05, 0.1) is 0 Å². The number of hydrogen-bond acceptors (Lipinski definition) is 2. The van der Waals surface area contributed by atoms with Crippen molar-refractivity contribution in [2.24, 2.45) is 5.73 Å². The molecular formula is C9H22N2. The molecule has 0 radical (unpaired) electrons. The van der Waals surface area contributed by atoms with E-state index in [-0.39, 0.29) is 0 Å². The molecule has 0 heterocycles. The maximum Gasteiger partial charge on any atom is 0.00109 e. The molecule has 2 heteroatoms. The van der Waals surface area contributed by atoms with Gasteiger partial charge in [0.2, 0.25) is 0 Å². The molecule has 3 N–H and O–H groups in total. The van der Waals surface area contributed by atoms with Crippen molar-refractivity contribution in [1.29, 1.82) is 0 Å². The Labute approximate surface area is 70.5 Å². The summed E-state index contributed by atoms with van der Waals surface area (Å²) in [6.45, 7) is 6.56. The van der Waals surface area contributed by atoms with Crippen molar-refractivity contribution >= 4 is 0 Å². The molecule has 1 unspecified atom stereocenters. The Bertz CT molecular complexity index is 72.0. The van der Waals surface area contributed by atoms with Crippen LogP contribution in [0.1, 0.15) is 39.5 Å². The summed E-state index contributed by atoms with van der Waals surface area (Å²) >= 11 is 0. The molecular weight excluding hydrogens is 136 g/mol. The summed E-state index contributed by atoms with van der Waals surface area (Å²) in [5.41, 5.74) is 5.61. The van der Waals surface area contributed by atoms with Crippen LogP contribution in [0.3, 0.4) is 0 Å². The third-order valence-corrected chi connectivity index (χ3v) is 1.72. The molecule has 0 saturated heterocycles. The van der Waals surface area contributed by atoms with Gasteiger partial charge >= 0.3 is 0 Å². The van der Waals surface area contributed by atoms with E-state index in [1.807, 2.05) is 0 Å². The summed E-state index contributed by atoms with van der Waals surface area (Å²) in [6.07, 6.45) is 4.92. The summed E-state index contributed by atoms with van der Waals surface area (Å²) in [6, 6.07) is 0.364. The summed E-state index contributed by atoms with van der Waals surface area (Å²) < 4.78 is 0. The first kappa shape index (κ1) is 10.9. The van der Waals surface area contributed by atoms with Crippen LogP contribution in [0.25, 0.3) is 0 Å². The summed E-state index contributed by atoms with van der Waals surface area (Å²) in [5, 5.41) is 3.39. The van der Waals surface area contributed by atoms with Gasteiger partial charge in [-0.3, -0.25) is 0 Å². The Morgan fingerprint density at radius 1 is 1.27 bits per heavy atom. The molecule has 0 bridgehead atoms. The van der Waals surface area contributed by atoms with Gasteiger partial charge in [-0.2, -0.15) is 0 Å². The number of nitrogens with one attached hydrogen (secondary N) is 1. The van der Waals surface area contributed by atoms with E-state index in [1.165, 1.54) is 19.3 Å². The summed E-state index contributed by atoms with van der Waals surface area (Å²) in [7, 11) is 0. The minimum Gasteiger partial charge on any atom is -0.328 e. The van der Waals surface area contributed by atoms with Gasteiger partial charge < -0.3 is 11.1 Å². The lowest BCUT2D eigenvalue weighted by molar-refractivity contribution is 0.564. The van der Waals surface area contributed by atoms with Gasteiger partial charge in [0.15, 0.2) is 0 Å². The first-order chi connectivity index (χ1) is 5.27. The van der Waals surface area contributed by atoms with Crippen molar-refractivity contribution in [2.75, 3.05) is 13.1 Å². The predicted octanol–water partition coefficient (Wildman–Crippen LogP) is 1.50. The molecule has 2 nitrogen and oxygen atoms in total. The predicted molar refractivity (Wildman–Crippen MR) is 50.7 cm³/mol. The molecule has 0 rings (SSSR count). The quantitative estimate of drug-likeness (QED) is 0.551. The fraction of sp³-hybridized carbons (Fsp3) is 1.00. The molecule has 0 aliphatic rings. The Morgan fingerprint density at radius 2 is 1.91 bits per heavy atom.